The molecule has 0 spiro atoms. The molecule has 0 aliphatic carbocycles. The van der Waals surface area contributed by atoms with E-state index in [0.717, 1.165) is 0 Å². The van der Waals surface area contributed by atoms with Crippen molar-refractivity contribution in [3.05, 3.63) is 40.6 Å². The maximum Gasteiger partial charge on any atom is 0.211 e. The summed E-state index contributed by atoms with van der Waals surface area (Å²) in [5.74, 6) is 0.619. The Balaban J connectivity index is 2.39. The largest absolute Gasteiger partial charge is 0.439 e. The number of nitrogens with zero attached hydrogens (tertiary/aromatic N) is 1. The molecular formula is C11H10BrFN2O. The van der Waals surface area contributed by atoms with Crippen LogP contribution < -0.4 is 5.73 Å². The van der Waals surface area contributed by atoms with Crippen LogP contribution in [0.2, 0.25) is 0 Å². The van der Waals surface area contributed by atoms with Gasteiger partial charge in [0, 0.05) is 5.56 Å². The van der Waals surface area contributed by atoms with Crippen molar-refractivity contribution in [2.75, 3.05) is 0 Å². The molecule has 0 aliphatic rings. The van der Waals surface area contributed by atoms with Crippen molar-refractivity contribution in [2.24, 2.45) is 5.73 Å². The first-order valence-corrected chi connectivity index (χ1v) is 5.54. The van der Waals surface area contributed by atoms with E-state index in [1.54, 1.807) is 25.3 Å². The molecule has 16 heavy (non-hydrogen) atoms. The highest BCUT2D eigenvalue weighted by Gasteiger charge is 2.10. The van der Waals surface area contributed by atoms with E-state index >= 15 is 0 Å². The molecule has 1 aromatic heterocycles. The highest BCUT2D eigenvalue weighted by molar-refractivity contribution is 9.10. The molecule has 0 saturated carbocycles. The lowest BCUT2D eigenvalue weighted by atomic mass is 10.2. The highest BCUT2D eigenvalue weighted by atomic mass is 79.9. The van der Waals surface area contributed by atoms with Crippen molar-refractivity contribution in [1.82, 2.24) is 4.98 Å². The lowest BCUT2D eigenvalue weighted by Crippen LogP contribution is -2.04. The van der Waals surface area contributed by atoms with Gasteiger partial charge in [-0.05, 0) is 41.1 Å². The number of nitrogens with two attached hydrogens (primary N) is 1. The molecule has 0 aliphatic heterocycles. The van der Waals surface area contributed by atoms with Crippen molar-refractivity contribution in [2.45, 2.75) is 13.0 Å². The second kappa shape index (κ2) is 4.35. The lowest BCUT2D eigenvalue weighted by molar-refractivity contribution is 0.473. The molecule has 0 radical (unpaired) electrons. The van der Waals surface area contributed by atoms with Gasteiger partial charge in [0.05, 0.1) is 16.7 Å². The molecule has 1 aromatic carbocycles. The van der Waals surface area contributed by atoms with Gasteiger partial charge >= 0.3 is 0 Å². The van der Waals surface area contributed by atoms with Crippen LogP contribution in [0.3, 0.4) is 0 Å². The van der Waals surface area contributed by atoms with Gasteiger partial charge in [0.1, 0.15) is 5.82 Å². The molecule has 1 atom stereocenters. The summed E-state index contributed by atoms with van der Waals surface area (Å²) in [6, 6.07) is 4.49. The van der Waals surface area contributed by atoms with Crippen LogP contribution in [0.4, 0.5) is 4.39 Å². The second-order valence-electron chi connectivity index (χ2n) is 3.48. The molecule has 0 bridgehead atoms. The van der Waals surface area contributed by atoms with Crippen molar-refractivity contribution >= 4 is 15.9 Å². The number of hydrogen-bond donors (Lipinski definition) is 1. The third kappa shape index (κ3) is 2.15. The molecule has 0 amide bonds. The fraction of sp³-hybridized carbons (Fsp3) is 0.182. The standard InChI is InChI=1S/C11H10BrFN2O/c1-6(14)11-15-5-10(16-11)7-2-3-8(12)9(13)4-7/h2-6H,14H2,1H3. The number of oxazole rings is 1. The molecule has 2 N–H and O–H groups in total. The van der Waals surface area contributed by atoms with Crippen molar-refractivity contribution in [3.63, 3.8) is 0 Å². The van der Waals surface area contributed by atoms with Crippen molar-refractivity contribution < 1.29 is 8.81 Å². The summed E-state index contributed by atoms with van der Waals surface area (Å²) in [7, 11) is 0. The van der Waals surface area contributed by atoms with Crippen LogP contribution in [-0.2, 0) is 0 Å². The van der Waals surface area contributed by atoms with Gasteiger partial charge in [0.25, 0.3) is 0 Å². The number of aromatic nitrogens is 1. The monoisotopic (exact) mass is 284 g/mol. The van der Waals surface area contributed by atoms with E-state index < -0.39 is 0 Å². The second-order valence-corrected chi connectivity index (χ2v) is 4.33. The van der Waals surface area contributed by atoms with Crippen LogP contribution in [0.25, 0.3) is 11.3 Å². The van der Waals surface area contributed by atoms with Gasteiger partial charge in [0.2, 0.25) is 5.89 Å². The summed E-state index contributed by atoms with van der Waals surface area (Å²) in [5.41, 5.74) is 6.26. The zero-order valence-electron chi connectivity index (χ0n) is 8.58. The highest BCUT2D eigenvalue weighted by Crippen LogP contribution is 2.26. The molecule has 1 heterocycles. The fourth-order valence-electron chi connectivity index (χ4n) is 1.28. The summed E-state index contributed by atoms with van der Waals surface area (Å²) in [5, 5.41) is 0. The summed E-state index contributed by atoms with van der Waals surface area (Å²) in [6.45, 7) is 1.78. The Morgan fingerprint density at radius 1 is 1.50 bits per heavy atom. The normalized spacial score (nSPS) is 12.8. The van der Waals surface area contributed by atoms with E-state index in [1.165, 1.54) is 6.07 Å². The van der Waals surface area contributed by atoms with Crippen LogP contribution in [0.15, 0.2) is 33.3 Å². The summed E-state index contributed by atoms with van der Waals surface area (Å²) in [4.78, 5) is 4.02. The van der Waals surface area contributed by atoms with E-state index in [1.807, 2.05) is 0 Å². The minimum Gasteiger partial charge on any atom is -0.439 e. The van der Waals surface area contributed by atoms with E-state index in [4.69, 9.17) is 10.2 Å². The van der Waals surface area contributed by atoms with Crippen LogP contribution in [0.5, 0.6) is 0 Å². The molecule has 5 heteroatoms. The average Bonchev–Trinajstić information content (AvgIpc) is 2.71. The summed E-state index contributed by atoms with van der Waals surface area (Å²) >= 11 is 3.09. The van der Waals surface area contributed by atoms with Crippen molar-refractivity contribution in [3.8, 4) is 11.3 Å². The predicted molar refractivity (Wildman–Crippen MR) is 62.2 cm³/mol. The van der Waals surface area contributed by atoms with Gasteiger partial charge < -0.3 is 10.2 Å². The topological polar surface area (TPSA) is 52.0 Å². The number of halogens is 2. The summed E-state index contributed by atoms with van der Waals surface area (Å²) in [6.07, 6.45) is 1.54. The summed E-state index contributed by atoms with van der Waals surface area (Å²) < 4.78 is 19.1. The molecule has 0 fully saturated rings. The molecule has 2 rings (SSSR count). The molecule has 2 aromatic rings. The Kier molecular flexibility index (Phi) is 3.07. The Morgan fingerprint density at radius 3 is 2.81 bits per heavy atom. The third-order valence-electron chi connectivity index (χ3n) is 2.12. The molecule has 84 valence electrons. The Bertz CT molecular complexity index is 510. The zero-order chi connectivity index (χ0) is 11.7. The number of hydrogen-bond acceptors (Lipinski definition) is 3. The minimum atomic E-state index is -0.337. The molecule has 1 unspecified atom stereocenters. The van der Waals surface area contributed by atoms with Gasteiger partial charge in [0.15, 0.2) is 5.76 Å². The van der Waals surface area contributed by atoms with Gasteiger partial charge in [-0.25, -0.2) is 9.37 Å². The van der Waals surface area contributed by atoms with Crippen LogP contribution in [-0.4, -0.2) is 4.98 Å². The number of rotatable bonds is 2. The Labute approximate surface area is 101 Å². The Morgan fingerprint density at radius 2 is 2.25 bits per heavy atom. The maximum absolute atomic E-state index is 13.3. The van der Waals surface area contributed by atoms with Gasteiger partial charge in [-0.3, -0.25) is 0 Å². The van der Waals surface area contributed by atoms with E-state index in [9.17, 15) is 4.39 Å². The maximum atomic E-state index is 13.3. The van der Waals surface area contributed by atoms with Gasteiger partial charge in [-0.1, -0.05) is 0 Å². The predicted octanol–water partition coefficient (Wildman–Crippen LogP) is 3.26. The van der Waals surface area contributed by atoms with Gasteiger partial charge in [-0.2, -0.15) is 0 Å². The van der Waals surface area contributed by atoms with Crippen LogP contribution in [0.1, 0.15) is 18.9 Å². The van der Waals surface area contributed by atoms with Crippen LogP contribution in [0, 0.1) is 5.82 Å². The van der Waals surface area contributed by atoms with Crippen molar-refractivity contribution in [1.29, 1.82) is 0 Å². The van der Waals surface area contributed by atoms with E-state index in [2.05, 4.69) is 20.9 Å². The third-order valence-corrected chi connectivity index (χ3v) is 2.76. The van der Waals surface area contributed by atoms with Crippen LogP contribution >= 0.6 is 15.9 Å². The molecule has 3 nitrogen and oxygen atoms in total. The average molecular weight is 285 g/mol. The van der Waals surface area contributed by atoms with E-state index in [-0.39, 0.29) is 11.9 Å². The Hall–Kier alpha value is -1.20. The lowest BCUT2D eigenvalue weighted by Gasteiger charge is -1.99. The van der Waals surface area contributed by atoms with Gasteiger partial charge in [-0.15, -0.1) is 0 Å². The fourth-order valence-corrected chi connectivity index (χ4v) is 1.53. The quantitative estimate of drug-likeness (QED) is 0.921. The first-order chi connectivity index (χ1) is 7.58. The first kappa shape index (κ1) is 11.3. The first-order valence-electron chi connectivity index (χ1n) is 4.74. The zero-order valence-corrected chi connectivity index (χ0v) is 10.2. The molecular weight excluding hydrogens is 275 g/mol. The smallest absolute Gasteiger partial charge is 0.211 e. The minimum absolute atomic E-state index is 0.269. The SMILES string of the molecule is CC(N)c1ncc(-c2ccc(Br)c(F)c2)o1. The van der Waals surface area contributed by atoms with E-state index in [0.29, 0.717) is 21.7 Å². The molecule has 0 saturated heterocycles. The number of benzene rings is 1.